The van der Waals surface area contributed by atoms with Gasteiger partial charge in [0.05, 0.1) is 22.7 Å². The number of ether oxygens (including phenoxy) is 1. The van der Waals surface area contributed by atoms with E-state index >= 15 is 0 Å². The van der Waals surface area contributed by atoms with Crippen LogP contribution in [0.2, 0.25) is 0 Å². The molecule has 0 N–H and O–H groups in total. The highest BCUT2D eigenvalue weighted by molar-refractivity contribution is 5.80. The van der Waals surface area contributed by atoms with Crippen molar-refractivity contribution in [2.24, 2.45) is 0 Å². The molecular formula is C25H22N2O2. The summed E-state index contributed by atoms with van der Waals surface area (Å²) in [5.41, 5.74) is 2.39. The maximum Gasteiger partial charge on any atom is 0.266 e. The maximum atomic E-state index is 13.2. The Morgan fingerprint density at radius 2 is 1.55 bits per heavy atom. The average molecular weight is 382 g/mol. The van der Waals surface area contributed by atoms with Crippen molar-refractivity contribution < 1.29 is 4.74 Å². The smallest absolute Gasteiger partial charge is 0.266 e. The second kappa shape index (κ2) is 8.15. The van der Waals surface area contributed by atoms with Gasteiger partial charge in [0.1, 0.15) is 11.6 Å². The molecule has 0 radical (unpaired) electrons. The first-order valence-electron chi connectivity index (χ1n) is 9.64. The van der Waals surface area contributed by atoms with Crippen molar-refractivity contribution in [3.63, 3.8) is 0 Å². The van der Waals surface area contributed by atoms with Crippen LogP contribution < -0.4 is 10.3 Å². The predicted molar refractivity (Wildman–Crippen MR) is 118 cm³/mol. The van der Waals surface area contributed by atoms with E-state index in [2.05, 4.69) is 0 Å². The number of hydrogen-bond acceptors (Lipinski definition) is 3. The molecule has 4 nitrogen and oxygen atoms in total. The standard InChI is InChI=1S/C25H22N2O2/c1-18(2)29-21-15-12-19(13-16-21)14-17-24-26-23-11-7-6-10-22(23)25(28)27(24)20-8-4-3-5-9-20/h3-18H,1-2H3/b17-14+. The number of benzene rings is 3. The Hall–Kier alpha value is -3.66. The van der Waals surface area contributed by atoms with Crippen molar-refractivity contribution >= 4 is 23.1 Å². The molecule has 0 amide bonds. The Labute approximate surface area is 169 Å². The minimum absolute atomic E-state index is 0.0814. The number of nitrogens with zero attached hydrogens (tertiary/aromatic N) is 2. The van der Waals surface area contributed by atoms with Crippen LogP contribution in [-0.2, 0) is 0 Å². The van der Waals surface area contributed by atoms with E-state index in [0.29, 0.717) is 16.7 Å². The molecule has 1 heterocycles. The molecule has 4 aromatic rings. The van der Waals surface area contributed by atoms with E-state index < -0.39 is 0 Å². The minimum atomic E-state index is -0.0814. The second-order valence-corrected chi connectivity index (χ2v) is 7.03. The monoisotopic (exact) mass is 382 g/mol. The van der Waals surface area contributed by atoms with Crippen molar-refractivity contribution in [2.45, 2.75) is 20.0 Å². The van der Waals surface area contributed by atoms with E-state index in [-0.39, 0.29) is 11.7 Å². The predicted octanol–water partition coefficient (Wildman–Crippen LogP) is 5.34. The molecule has 0 spiro atoms. The van der Waals surface area contributed by atoms with Gasteiger partial charge in [-0.05, 0) is 61.9 Å². The quantitative estimate of drug-likeness (QED) is 0.468. The number of para-hydroxylation sites is 2. The molecule has 0 saturated heterocycles. The normalized spacial score (nSPS) is 11.4. The first kappa shape index (κ1) is 18.7. The molecule has 0 saturated carbocycles. The van der Waals surface area contributed by atoms with E-state index in [9.17, 15) is 4.79 Å². The van der Waals surface area contributed by atoms with E-state index in [0.717, 1.165) is 17.0 Å². The summed E-state index contributed by atoms with van der Waals surface area (Å²) in [6.07, 6.45) is 3.97. The number of hydrogen-bond donors (Lipinski definition) is 0. The summed E-state index contributed by atoms with van der Waals surface area (Å²) in [5.74, 6) is 1.42. The molecule has 0 atom stereocenters. The molecule has 4 heteroatoms. The van der Waals surface area contributed by atoms with Gasteiger partial charge in [0.25, 0.3) is 5.56 Å². The molecule has 1 aromatic heterocycles. The van der Waals surface area contributed by atoms with Gasteiger partial charge in [-0.3, -0.25) is 9.36 Å². The minimum Gasteiger partial charge on any atom is -0.491 e. The average Bonchev–Trinajstić information content (AvgIpc) is 2.73. The van der Waals surface area contributed by atoms with Crippen LogP contribution in [0.25, 0.3) is 28.7 Å². The molecule has 0 aliphatic carbocycles. The van der Waals surface area contributed by atoms with E-state index in [1.54, 1.807) is 4.57 Å². The molecule has 0 aliphatic heterocycles. The Kier molecular flexibility index (Phi) is 5.25. The fourth-order valence-corrected chi connectivity index (χ4v) is 3.19. The Morgan fingerprint density at radius 1 is 0.862 bits per heavy atom. The molecule has 0 fully saturated rings. The molecule has 3 aromatic carbocycles. The summed E-state index contributed by atoms with van der Waals surface area (Å²) in [6, 6.07) is 24.9. The summed E-state index contributed by atoms with van der Waals surface area (Å²) in [5, 5.41) is 0.601. The van der Waals surface area contributed by atoms with E-state index in [1.807, 2.05) is 105 Å². The Bertz CT molecular complexity index is 1210. The van der Waals surface area contributed by atoms with Gasteiger partial charge in [-0.15, -0.1) is 0 Å². The van der Waals surface area contributed by atoms with Crippen molar-refractivity contribution in [3.05, 3.63) is 101 Å². The van der Waals surface area contributed by atoms with Gasteiger partial charge in [-0.1, -0.05) is 48.5 Å². The van der Waals surface area contributed by atoms with Crippen LogP contribution in [0.1, 0.15) is 25.2 Å². The SMILES string of the molecule is CC(C)Oc1ccc(/C=C/c2nc3ccccc3c(=O)n2-c2ccccc2)cc1. The summed E-state index contributed by atoms with van der Waals surface area (Å²) >= 11 is 0. The van der Waals surface area contributed by atoms with Crippen LogP contribution in [0.5, 0.6) is 5.75 Å². The molecule has 29 heavy (non-hydrogen) atoms. The third-order valence-corrected chi connectivity index (χ3v) is 4.49. The van der Waals surface area contributed by atoms with Crippen LogP contribution in [0, 0.1) is 0 Å². The van der Waals surface area contributed by atoms with Gasteiger partial charge in [0.15, 0.2) is 0 Å². The highest BCUT2D eigenvalue weighted by Crippen LogP contribution is 2.17. The van der Waals surface area contributed by atoms with Crippen molar-refractivity contribution in [3.8, 4) is 11.4 Å². The zero-order valence-corrected chi connectivity index (χ0v) is 16.4. The summed E-state index contributed by atoms with van der Waals surface area (Å²) < 4.78 is 7.34. The van der Waals surface area contributed by atoms with Crippen molar-refractivity contribution in [2.75, 3.05) is 0 Å². The molecular weight excluding hydrogens is 360 g/mol. The van der Waals surface area contributed by atoms with Crippen LogP contribution in [0.3, 0.4) is 0 Å². The summed E-state index contributed by atoms with van der Waals surface area (Å²) in [7, 11) is 0. The highest BCUT2D eigenvalue weighted by Gasteiger charge is 2.10. The van der Waals surface area contributed by atoms with Gasteiger partial charge >= 0.3 is 0 Å². The lowest BCUT2D eigenvalue weighted by Gasteiger charge is -2.11. The molecule has 144 valence electrons. The first-order chi connectivity index (χ1) is 14.1. The highest BCUT2D eigenvalue weighted by atomic mass is 16.5. The van der Waals surface area contributed by atoms with Gasteiger partial charge in [-0.2, -0.15) is 0 Å². The summed E-state index contributed by atoms with van der Waals surface area (Å²) in [4.78, 5) is 17.9. The van der Waals surface area contributed by atoms with Crippen LogP contribution in [0.4, 0.5) is 0 Å². The number of rotatable bonds is 5. The fourth-order valence-electron chi connectivity index (χ4n) is 3.19. The molecule has 0 bridgehead atoms. The maximum absolute atomic E-state index is 13.2. The number of aromatic nitrogens is 2. The van der Waals surface area contributed by atoms with E-state index in [1.165, 1.54) is 0 Å². The zero-order valence-electron chi connectivity index (χ0n) is 16.4. The molecule has 0 aliphatic rings. The largest absolute Gasteiger partial charge is 0.491 e. The lowest BCUT2D eigenvalue weighted by molar-refractivity contribution is 0.242. The first-order valence-corrected chi connectivity index (χ1v) is 9.64. The Balaban J connectivity index is 1.78. The van der Waals surface area contributed by atoms with Crippen molar-refractivity contribution in [1.29, 1.82) is 0 Å². The third-order valence-electron chi connectivity index (χ3n) is 4.49. The lowest BCUT2D eigenvalue weighted by atomic mass is 10.2. The van der Waals surface area contributed by atoms with Gasteiger partial charge < -0.3 is 4.74 Å². The molecule has 0 unspecified atom stereocenters. The lowest BCUT2D eigenvalue weighted by Crippen LogP contribution is -2.22. The second-order valence-electron chi connectivity index (χ2n) is 7.03. The summed E-state index contributed by atoms with van der Waals surface area (Å²) in [6.45, 7) is 4.00. The van der Waals surface area contributed by atoms with Crippen LogP contribution in [0.15, 0.2) is 83.7 Å². The van der Waals surface area contributed by atoms with Gasteiger partial charge in [-0.25, -0.2) is 4.98 Å². The van der Waals surface area contributed by atoms with Gasteiger partial charge in [0.2, 0.25) is 0 Å². The zero-order chi connectivity index (χ0) is 20.2. The van der Waals surface area contributed by atoms with Crippen molar-refractivity contribution in [1.82, 2.24) is 9.55 Å². The molecule has 4 rings (SSSR count). The number of fused-ring (bicyclic) bond motifs is 1. The third kappa shape index (κ3) is 4.11. The Morgan fingerprint density at radius 3 is 2.28 bits per heavy atom. The van der Waals surface area contributed by atoms with E-state index in [4.69, 9.17) is 9.72 Å². The topological polar surface area (TPSA) is 44.1 Å². The van der Waals surface area contributed by atoms with Crippen LogP contribution >= 0.6 is 0 Å². The van der Waals surface area contributed by atoms with Crippen LogP contribution in [-0.4, -0.2) is 15.7 Å². The van der Waals surface area contributed by atoms with Gasteiger partial charge in [0, 0.05) is 0 Å². The fraction of sp³-hybridized carbons (Fsp3) is 0.120.